The minimum absolute atomic E-state index is 0.324. The van der Waals surface area contributed by atoms with E-state index in [9.17, 15) is 9.90 Å². The lowest BCUT2D eigenvalue weighted by Crippen LogP contribution is -2.40. The summed E-state index contributed by atoms with van der Waals surface area (Å²) in [6, 6.07) is 9.74. The summed E-state index contributed by atoms with van der Waals surface area (Å²) in [5, 5.41) is 12.8. The fourth-order valence-electron chi connectivity index (χ4n) is 2.72. The molecule has 0 saturated carbocycles. The van der Waals surface area contributed by atoms with Gasteiger partial charge in [-0.3, -0.25) is 4.79 Å². The van der Waals surface area contributed by atoms with Crippen molar-refractivity contribution in [2.24, 2.45) is 5.92 Å². The van der Waals surface area contributed by atoms with E-state index in [0.717, 1.165) is 31.6 Å². The molecule has 20 heavy (non-hydrogen) atoms. The summed E-state index contributed by atoms with van der Waals surface area (Å²) in [6.45, 7) is 4.24. The summed E-state index contributed by atoms with van der Waals surface area (Å²) in [6.07, 6.45) is 2.11. The van der Waals surface area contributed by atoms with Crippen LogP contribution in [0.4, 0.5) is 0 Å². The van der Waals surface area contributed by atoms with Crippen molar-refractivity contribution in [3.63, 3.8) is 0 Å². The van der Waals surface area contributed by atoms with E-state index in [1.54, 1.807) is 0 Å². The number of nitrogens with one attached hydrogen (secondary N) is 1. The Morgan fingerprint density at radius 2 is 2.00 bits per heavy atom. The molecule has 110 valence electrons. The number of benzene rings is 1. The molecule has 1 aromatic carbocycles. The third kappa shape index (κ3) is 4.05. The Labute approximate surface area is 120 Å². The molecule has 1 aliphatic rings. The maximum atomic E-state index is 11.4. The minimum Gasteiger partial charge on any atom is -0.481 e. The van der Waals surface area contributed by atoms with Crippen LogP contribution in [0.2, 0.25) is 0 Å². The number of hydrogen-bond acceptors (Lipinski definition) is 3. The van der Waals surface area contributed by atoms with E-state index in [4.69, 9.17) is 4.74 Å². The number of carboxylic acid groups (broad SMARTS) is 1. The van der Waals surface area contributed by atoms with Crippen LogP contribution in [0.3, 0.4) is 0 Å². The largest absolute Gasteiger partial charge is 0.481 e. The summed E-state index contributed by atoms with van der Waals surface area (Å²) >= 11 is 0. The van der Waals surface area contributed by atoms with Crippen LogP contribution in [-0.2, 0) is 9.53 Å². The molecule has 2 unspecified atom stereocenters. The predicted molar refractivity (Wildman–Crippen MR) is 77.8 cm³/mol. The second-order valence-electron chi connectivity index (χ2n) is 5.45. The van der Waals surface area contributed by atoms with Gasteiger partial charge in [-0.1, -0.05) is 30.3 Å². The molecule has 2 N–H and O–H groups in total. The van der Waals surface area contributed by atoms with Crippen LogP contribution in [0.15, 0.2) is 30.3 Å². The third-order valence-corrected chi connectivity index (χ3v) is 4.12. The molecular formula is C16H23NO3. The standard InChI is InChI=1S/C16H23NO3/c1-12(13-7-9-20-10-8-13)17-11-15(16(18)19)14-5-3-2-4-6-14/h2-6,12-13,15,17H,7-11H2,1H3,(H,18,19). The smallest absolute Gasteiger partial charge is 0.312 e. The number of aliphatic carboxylic acids is 1. The monoisotopic (exact) mass is 277 g/mol. The van der Waals surface area contributed by atoms with Crippen LogP contribution in [0.5, 0.6) is 0 Å². The second kappa shape index (κ2) is 7.41. The maximum absolute atomic E-state index is 11.4. The highest BCUT2D eigenvalue weighted by molar-refractivity contribution is 5.76. The topological polar surface area (TPSA) is 58.6 Å². The highest BCUT2D eigenvalue weighted by Gasteiger charge is 2.24. The van der Waals surface area contributed by atoms with Crippen LogP contribution >= 0.6 is 0 Å². The Morgan fingerprint density at radius 3 is 2.60 bits per heavy atom. The number of ether oxygens (including phenoxy) is 1. The molecule has 0 bridgehead atoms. The fraction of sp³-hybridized carbons (Fsp3) is 0.562. The normalized spacial score (nSPS) is 19.4. The minimum atomic E-state index is -0.775. The van der Waals surface area contributed by atoms with Gasteiger partial charge in [0, 0.05) is 25.8 Å². The van der Waals surface area contributed by atoms with Crippen molar-refractivity contribution >= 4 is 5.97 Å². The van der Waals surface area contributed by atoms with Crippen molar-refractivity contribution in [3.8, 4) is 0 Å². The number of hydrogen-bond donors (Lipinski definition) is 2. The molecule has 1 aromatic rings. The van der Waals surface area contributed by atoms with Gasteiger partial charge in [-0.15, -0.1) is 0 Å². The molecule has 0 spiro atoms. The Bertz CT molecular complexity index is 415. The fourth-order valence-corrected chi connectivity index (χ4v) is 2.72. The van der Waals surface area contributed by atoms with E-state index in [-0.39, 0.29) is 0 Å². The highest BCUT2D eigenvalue weighted by atomic mass is 16.5. The van der Waals surface area contributed by atoms with E-state index in [0.29, 0.717) is 18.5 Å². The highest BCUT2D eigenvalue weighted by Crippen LogP contribution is 2.20. The first kappa shape index (κ1) is 15.0. The molecule has 0 aliphatic carbocycles. The predicted octanol–water partition coefficient (Wildman–Crippen LogP) is 2.26. The SMILES string of the molecule is CC(NCC(C(=O)O)c1ccccc1)C1CCOCC1. The Kier molecular flexibility index (Phi) is 5.56. The zero-order valence-corrected chi connectivity index (χ0v) is 11.9. The van der Waals surface area contributed by atoms with Gasteiger partial charge in [0.2, 0.25) is 0 Å². The van der Waals surface area contributed by atoms with Gasteiger partial charge in [0.25, 0.3) is 0 Å². The van der Waals surface area contributed by atoms with Gasteiger partial charge in [-0.05, 0) is 31.2 Å². The van der Waals surface area contributed by atoms with Crippen LogP contribution in [0, 0.1) is 5.92 Å². The van der Waals surface area contributed by atoms with E-state index < -0.39 is 11.9 Å². The first-order valence-corrected chi connectivity index (χ1v) is 7.27. The molecule has 2 rings (SSSR count). The molecule has 1 aliphatic heterocycles. The van der Waals surface area contributed by atoms with Gasteiger partial charge in [0.05, 0.1) is 5.92 Å². The zero-order valence-electron chi connectivity index (χ0n) is 11.9. The van der Waals surface area contributed by atoms with E-state index in [2.05, 4.69) is 12.2 Å². The van der Waals surface area contributed by atoms with Crippen molar-refractivity contribution in [3.05, 3.63) is 35.9 Å². The first-order valence-electron chi connectivity index (χ1n) is 7.27. The summed E-state index contributed by atoms with van der Waals surface area (Å²) in [7, 11) is 0. The maximum Gasteiger partial charge on any atom is 0.312 e. The van der Waals surface area contributed by atoms with Crippen molar-refractivity contribution in [2.75, 3.05) is 19.8 Å². The Balaban J connectivity index is 1.90. The number of carboxylic acids is 1. The van der Waals surface area contributed by atoms with Crippen LogP contribution in [0.25, 0.3) is 0 Å². The van der Waals surface area contributed by atoms with E-state index in [1.807, 2.05) is 30.3 Å². The second-order valence-corrected chi connectivity index (χ2v) is 5.45. The van der Waals surface area contributed by atoms with Crippen LogP contribution in [-0.4, -0.2) is 36.9 Å². The number of rotatable bonds is 6. The number of carbonyl (C=O) groups is 1. The summed E-state index contributed by atoms with van der Waals surface area (Å²) < 4.78 is 5.36. The lowest BCUT2D eigenvalue weighted by atomic mass is 9.92. The van der Waals surface area contributed by atoms with Crippen molar-refractivity contribution in [2.45, 2.75) is 31.7 Å². The van der Waals surface area contributed by atoms with Gasteiger partial charge in [0.1, 0.15) is 0 Å². The van der Waals surface area contributed by atoms with Crippen molar-refractivity contribution < 1.29 is 14.6 Å². The summed E-state index contributed by atoms with van der Waals surface area (Å²) in [4.78, 5) is 11.4. The molecule has 1 saturated heterocycles. The van der Waals surface area contributed by atoms with E-state index in [1.165, 1.54) is 0 Å². The first-order chi connectivity index (χ1) is 9.68. The van der Waals surface area contributed by atoms with Gasteiger partial charge < -0.3 is 15.2 Å². The zero-order chi connectivity index (χ0) is 14.4. The van der Waals surface area contributed by atoms with E-state index >= 15 is 0 Å². The lowest BCUT2D eigenvalue weighted by Gasteiger charge is -2.29. The molecule has 4 nitrogen and oxygen atoms in total. The Morgan fingerprint density at radius 1 is 1.35 bits per heavy atom. The van der Waals surface area contributed by atoms with Crippen LogP contribution in [0.1, 0.15) is 31.2 Å². The third-order valence-electron chi connectivity index (χ3n) is 4.12. The quantitative estimate of drug-likeness (QED) is 0.837. The Hall–Kier alpha value is -1.39. The summed E-state index contributed by atoms with van der Waals surface area (Å²) in [5.41, 5.74) is 0.853. The summed E-state index contributed by atoms with van der Waals surface area (Å²) in [5.74, 6) is -0.685. The molecule has 0 radical (unpaired) electrons. The average Bonchev–Trinajstić information content (AvgIpc) is 2.49. The van der Waals surface area contributed by atoms with Crippen molar-refractivity contribution in [1.29, 1.82) is 0 Å². The van der Waals surface area contributed by atoms with Gasteiger partial charge >= 0.3 is 5.97 Å². The molecule has 1 heterocycles. The molecule has 0 aromatic heterocycles. The molecule has 2 atom stereocenters. The average molecular weight is 277 g/mol. The molecular weight excluding hydrogens is 254 g/mol. The molecule has 1 fully saturated rings. The lowest BCUT2D eigenvalue weighted by molar-refractivity contribution is -0.138. The van der Waals surface area contributed by atoms with Crippen molar-refractivity contribution in [1.82, 2.24) is 5.32 Å². The van der Waals surface area contributed by atoms with Gasteiger partial charge in [-0.25, -0.2) is 0 Å². The van der Waals surface area contributed by atoms with Crippen LogP contribution < -0.4 is 5.32 Å². The molecule has 4 heteroatoms. The van der Waals surface area contributed by atoms with Gasteiger partial charge in [-0.2, -0.15) is 0 Å². The van der Waals surface area contributed by atoms with Gasteiger partial charge in [0.15, 0.2) is 0 Å². The molecule has 0 amide bonds.